The summed E-state index contributed by atoms with van der Waals surface area (Å²) in [6.07, 6.45) is 1.36. The first-order valence-corrected chi connectivity index (χ1v) is 7.35. The van der Waals surface area contributed by atoms with E-state index in [1.807, 2.05) is 37.3 Å². The molecule has 0 heterocycles. The Labute approximate surface area is 140 Å². The highest BCUT2D eigenvalue weighted by Gasteiger charge is 2.10. The summed E-state index contributed by atoms with van der Waals surface area (Å²) >= 11 is 0. The number of rotatable bonds is 5. The molecule has 2 aromatic rings. The van der Waals surface area contributed by atoms with Crippen LogP contribution in [0.3, 0.4) is 0 Å². The number of carbonyl (C=O) groups excluding carboxylic acids is 2. The summed E-state index contributed by atoms with van der Waals surface area (Å²) < 4.78 is 0. The number of benzene rings is 2. The summed E-state index contributed by atoms with van der Waals surface area (Å²) in [6, 6.07) is 16.0. The largest absolute Gasteiger partial charge is 0.360 e. The molecule has 2 rings (SSSR count). The summed E-state index contributed by atoms with van der Waals surface area (Å²) in [5.74, 6) is -0.638. The smallest absolute Gasteiger partial charge is 0.267 e. The molecule has 1 amide bonds. The lowest BCUT2D eigenvalue weighted by Crippen LogP contribution is -2.14. The van der Waals surface area contributed by atoms with Gasteiger partial charge < -0.3 is 10.6 Å². The van der Waals surface area contributed by atoms with Gasteiger partial charge in [-0.1, -0.05) is 29.8 Å². The van der Waals surface area contributed by atoms with E-state index in [9.17, 15) is 9.59 Å². The predicted molar refractivity (Wildman–Crippen MR) is 93.6 cm³/mol. The fourth-order valence-electron chi connectivity index (χ4n) is 1.97. The highest BCUT2D eigenvalue weighted by molar-refractivity contribution is 6.07. The van der Waals surface area contributed by atoms with Crippen molar-refractivity contribution in [2.75, 3.05) is 10.6 Å². The van der Waals surface area contributed by atoms with E-state index in [1.165, 1.54) is 13.1 Å². The first kappa shape index (κ1) is 17.0. The van der Waals surface area contributed by atoms with E-state index in [-0.39, 0.29) is 11.4 Å². The Kier molecular flexibility index (Phi) is 5.48. The van der Waals surface area contributed by atoms with Gasteiger partial charge in [0.2, 0.25) is 0 Å². The molecule has 2 N–H and O–H groups in total. The maximum Gasteiger partial charge on any atom is 0.267 e. The van der Waals surface area contributed by atoms with E-state index in [0.29, 0.717) is 11.3 Å². The van der Waals surface area contributed by atoms with Gasteiger partial charge in [0, 0.05) is 23.1 Å². The van der Waals surface area contributed by atoms with E-state index < -0.39 is 5.91 Å². The molecule has 0 aliphatic rings. The molecule has 0 saturated heterocycles. The molecule has 0 saturated carbocycles. The summed E-state index contributed by atoms with van der Waals surface area (Å²) in [6.45, 7) is 3.43. The molecule has 0 aromatic heterocycles. The number of nitrogens with one attached hydrogen (secondary N) is 2. The Bertz CT molecular complexity index is 830. The number of Topliss-reactive ketones (excluding diaryl/α,β-unsaturated/α-hetero) is 1. The summed E-state index contributed by atoms with van der Waals surface area (Å²) in [4.78, 5) is 23.5. The third kappa shape index (κ3) is 4.55. The zero-order chi connectivity index (χ0) is 17.5. The number of carbonyl (C=O) groups is 2. The van der Waals surface area contributed by atoms with Gasteiger partial charge in [0.15, 0.2) is 5.78 Å². The number of hydrogen-bond donors (Lipinski definition) is 2. The average molecular weight is 319 g/mol. The lowest BCUT2D eigenvalue weighted by Gasteiger charge is -2.06. The number of hydrogen-bond acceptors (Lipinski definition) is 4. The van der Waals surface area contributed by atoms with Crippen molar-refractivity contribution >= 4 is 23.1 Å². The third-order valence-corrected chi connectivity index (χ3v) is 3.33. The molecule has 0 radical (unpaired) electrons. The lowest BCUT2D eigenvalue weighted by atomic mass is 10.1. The first-order chi connectivity index (χ1) is 11.5. The van der Waals surface area contributed by atoms with Crippen LogP contribution in [-0.4, -0.2) is 11.7 Å². The predicted octanol–water partition coefficient (Wildman–Crippen LogP) is 3.66. The molecule has 0 spiro atoms. The first-order valence-electron chi connectivity index (χ1n) is 7.35. The minimum Gasteiger partial charge on any atom is -0.360 e. The van der Waals surface area contributed by atoms with Gasteiger partial charge in [-0.25, -0.2) is 0 Å². The van der Waals surface area contributed by atoms with Crippen LogP contribution in [0.1, 0.15) is 22.8 Å². The number of amides is 1. The second kappa shape index (κ2) is 7.75. The lowest BCUT2D eigenvalue weighted by molar-refractivity contribution is -0.112. The van der Waals surface area contributed by atoms with E-state index in [0.717, 1.165) is 11.3 Å². The number of nitriles is 1. The number of anilines is 2. The Morgan fingerprint density at radius 1 is 1.08 bits per heavy atom. The van der Waals surface area contributed by atoms with Crippen molar-refractivity contribution in [3.63, 3.8) is 0 Å². The van der Waals surface area contributed by atoms with Gasteiger partial charge in [-0.15, -0.1) is 0 Å². The minimum absolute atomic E-state index is 0.0659. The fraction of sp³-hybridized carbons (Fsp3) is 0.105. The highest BCUT2D eigenvalue weighted by Crippen LogP contribution is 2.13. The normalized spacial score (nSPS) is 10.6. The maximum atomic E-state index is 12.2. The Morgan fingerprint density at radius 2 is 1.79 bits per heavy atom. The highest BCUT2D eigenvalue weighted by atomic mass is 16.1. The fourth-order valence-corrected chi connectivity index (χ4v) is 1.97. The van der Waals surface area contributed by atoms with Crippen LogP contribution in [0.4, 0.5) is 11.4 Å². The second-order valence-electron chi connectivity index (χ2n) is 5.27. The van der Waals surface area contributed by atoms with Crippen LogP contribution in [0, 0.1) is 18.3 Å². The van der Waals surface area contributed by atoms with Crippen LogP contribution >= 0.6 is 0 Å². The van der Waals surface area contributed by atoms with Gasteiger partial charge in [-0.3, -0.25) is 9.59 Å². The molecule has 0 atom stereocenters. The van der Waals surface area contributed by atoms with Crippen LogP contribution in [0.2, 0.25) is 0 Å². The maximum absolute atomic E-state index is 12.2. The summed E-state index contributed by atoms with van der Waals surface area (Å²) in [7, 11) is 0. The van der Waals surface area contributed by atoms with Crippen LogP contribution in [0.15, 0.2) is 60.3 Å². The third-order valence-electron chi connectivity index (χ3n) is 3.33. The van der Waals surface area contributed by atoms with Gasteiger partial charge in [-0.2, -0.15) is 5.26 Å². The number of aryl methyl sites for hydroxylation is 1. The molecule has 2 aromatic carbocycles. The van der Waals surface area contributed by atoms with Crippen molar-refractivity contribution in [3.8, 4) is 6.07 Å². The topological polar surface area (TPSA) is 82.0 Å². The average Bonchev–Trinajstić information content (AvgIpc) is 2.57. The molecule has 24 heavy (non-hydrogen) atoms. The van der Waals surface area contributed by atoms with Gasteiger partial charge in [0.05, 0.1) is 0 Å². The molecule has 0 aliphatic carbocycles. The molecule has 5 heteroatoms. The van der Waals surface area contributed by atoms with Gasteiger partial charge in [0.1, 0.15) is 11.6 Å². The van der Waals surface area contributed by atoms with Crippen LogP contribution in [-0.2, 0) is 4.79 Å². The van der Waals surface area contributed by atoms with Gasteiger partial charge >= 0.3 is 0 Å². The van der Waals surface area contributed by atoms with Crippen molar-refractivity contribution in [1.82, 2.24) is 0 Å². The number of nitrogens with zero attached hydrogens (tertiary/aromatic N) is 1. The van der Waals surface area contributed by atoms with Crippen LogP contribution < -0.4 is 10.6 Å². The van der Waals surface area contributed by atoms with E-state index in [1.54, 1.807) is 24.3 Å². The quantitative estimate of drug-likeness (QED) is 0.500. The molecule has 0 unspecified atom stereocenters. The SMILES string of the molecule is CC(=O)c1cccc(NC(=O)/C(C#N)=C\Nc2ccc(C)cc2)c1. The Hall–Kier alpha value is -3.39. The monoisotopic (exact) mass is 319 g/mol. The van der Waals surface area contributed by atoms with E-state index >= 15 is 0 Å². The van der Waals surface area contributed by atoms with Gasteiger partial charge in [-0.05, 0) is 38.1 Å². The minimum atomic E-state index is -0.544. The van der Waals surface area contributed by atoms with Crippen LogP contribution in [0.5, 0.6) is 0 Å². The van der Waals surface area contributed by atoms with Crippen molar-refractivity contribution in [1.29, 1.82) is 5.26 Å². The van der Waals surface area contributed by atoms with E-state index in [4.69, 9.17) is 5.26 Å². The van der Waals surface area contributed by atoms with Gasteiger partial charge in [0.25, 0.3) is 5.91 Å². The van der Waals surface area contributed by atoms with Crippen molar-refractivity contribution in [3.05, 3.63) is 71.4 Å². The molecule has 0 aliphatic heterocycles. The molecule has 0 bridgehead atoms. The molecule has 5 nitrogen and oxygen atoms in total. The Balaban J connectivity index is 2.10. The van der Waals surface area contributed by atoms with Crippen LogP contribution in [0.25, 0.3) is 0 Å². The summed E-state index contributed by atoms with van der Waals surface area (Å²) in [5, 5.41) is 14.7. The van der Waals surface area contributed by atoms with Crippen molar-refractivity contribution in [2.45, 2.75) is 13.8 Å². The zero-order valence-electron chi connectivity index (χ0n) is 13.5. The molecule has 120 valence electrons. The van der Waals surface area contributed by atoms with Crippen molar-refractivity contribution < 1.29 is 9.59 Å². The standard InChI is InChI=1S/C19H17N3O2/c1-13-6-8-17(9-7-13)21-12-16(11-20)19(24)22-18-5-3-4-15(10-18)14(2)23/h3-10,12,21H,1-2H3,(H,22,24)/b16-12-. The van der Waals surface area contributed by atoms with E-state index in [2.05, 4.69) is 10.6 Å². The molecular formula is C19H17N3O2. The molecular weight excluding hydrogens is 302 g/mol. The summed E-state index contributed by atoms with van der Waals surface area (Å²) in [5.41, 5.74) is 2.79. The zero-order valence-corrected chi connectivity index (χ0v) is 13.5. The Morgan fingerprint density at radius 3 is 2.42 bits per heavy atom. The second-order valence-corrected chi connectivity index (χ2v) is 5.27. The molecule has 0 fully saturated rings. The van der Waals surface area contributed by atoms with Crippen molar-refractivity contribution in [2.24, 2.45) is 0 Å². The number of ketones is 1.